The lowest BCUT2D eigenvalue weighted by Crippen LogP contribution is -2.31. The Balaban J connectivity index is 1.53. The molecular formula is C18H18BrNO3S. The molecule has 126 valence electrons. The molecule has 0 bridgehead atoms. The number of benzene rings is 2. The summed E-state index contributed by atoms with van der Waals surface area (Å²) in [4.78, 5) is 14.6. The molecule has 1 aliphatic rings. The van der Waals surface area contributed by atoms with Gasteiger partial charge in [0.15, 0.2) is 0 Å². The Morgan fingerprint density at radius 2 is 1.88 bits per heavy atom. The van der Waals surface area contributed by atoms with E-state index in [1.807, 2.05) is 54.6 Å². The van der Waals surface area contributed by atoms with Gasteiger partial charge in [-0.15, -0.1) is 0 Å². The molecule has 1 fully saturated rings. The second kappa shape index (κ2) is 7.94. The quantitative estimate of drug-likeness (QED) is 0.769. The monoisotopic (exact) mass is 407 g/mol. The van der Waals surface area contributed by atoms with E-state index in [1.54, 1.807) is 4.90 Å². The number of carbonyl (C=O) groups is 1. The molecular weight excluding hydrogens is 390 g/mol. The van der Waals surface area contributed by atoms with Gasteiger partial charge in [0.1, 0.15) is 6.61 Å². The molecule has 0 N–H and O–H groups in total. The lowest BCUT2D eigenvalue weighted by atomic mass is 10.2. The number of hydrogen-bond acceptors (Lipinski definition) is 3. The molecule has 1 amide bonds. The first-order chi connectivity index (χ1) is 11.6. The van der Waals surface area contributed by atoms with Crippen LogP contribution in [0.3, 0.4) is 0 Å². The van der Waals surface area contributed by atoms with Crippen molar-refractivity contribution >= 4 is 32.8 Å². The molecule has 3 rings (SSSR count). The number of likely N-dealkylation sites (tertiary alicyclic amines) is 1. The topological polar surface area (TPSA) is 46.6 Å². The molecule has 1 heterocycles. The van der Waals surface area contributed by atoms with Crippen LogP contribution in [-0.4, -0.2) is 33.5 Å². The number of rotatable bonds is 4. The maximum absolute atomic E-state index is 12.6. The van der Waals surface area contributed by atoms with Crippen molar-refractivity contribution in [3.63, 3.8) is 0 Å². The van der Waals surface area contributed by atoms with E-state index < -0.39 is 10.8 Å². The second-order valence-corrected chi connectivity index (χ2v) is 8.30. The molecule has 2 aromatic carbocycles. The minimum absolute atomic E-state index is 0.0459. The molecule has 4 nitrogen and oxygen atoms in total. The van der Waals surface area contributed by atoms with E-state index in [-0.39, 0.29) is 18.0 Å². The van der Waals surface area contributed by atoms with Crippen LogP contribution >= 0.6 is 15.9 Å². The number of ether oxygens (including phenoxy) is 1. The third-order valence-corrected chi connectivity index (χ3v) is 6.21. The van der Waals surface area contributed by atoms with Gasteiger partial charge in [0.05, 0.1) is 16.0 Å². The summed E-state index contributed by atoms with van der Waals surface area (Å²) >= 11 is 3.37. The van der Waals surface area contributed by atoms with Crippen LogP contribution in [0.1, 0.15) is 12.0 Å². The highest BCUT2D eigenvalue weighted by Crippen LogP contribution is 2.22. The van der Waals surface area contributed by atoms with Crippen molar-refractivity contribution in [1.82, 2.24) is 4.90 Å². The molecule has 2 atom stereocenters. The van der Waals surface area contributed by atoms with Gasteiger partial charge < -0.3 is 9.64 Å². The number of nitrogens with zero attached hydrogens (tertiary/aromatic N) is 1. The van der Waals surface area contributed by atoms with Gasteiger partial charge in [-0.25, -0.2) is 4.79 Å². The zero-order valence-electron chi connectivity index (χ0n) is 13.1. The Hall–Kier alpha value is -1.66. The lowest BCUT2D eigenvalue weighted by Gasteiger charge is -2.16. The zero-order chi connectivity index (χ0) is 16.9. The summed E-state index contributed by atoms with van der Waals surface area (Å²) in [6.07, 6.45) is 0.387. The highest BCUT2D eigenvalue weighted by molar-refractivity contribution is 9.10. The molecule has 0 aliphatic carbocycles. The van der Waals surface area contributed by atoms with E-state index in [4.69, 9.17) is 4.74 Å². The van der Waals surface area contributed by atoms with Crippen LogP contribution in [0.2, 0.25) is 0 Å². The predicted molar refractivity (Wildman–Crippen MR) is 97.2 cm³/mol. The van der Waals surface area contributed by atoms with Crippen molar-refractivity contribution < 1.29 is 13.7 Å². The molecule has 0 radical (unpaired) electrons. The second-order valence-electron chi connectivity index (χ2n) is 5.65. The number of hydrogen-bond donors (Lipinski definition) is 0. The Morgan fingerprint density at radius 1 is 1.17 bits per heavy atom. The van der Waals surface area contributed by atoms with Crippen LogP contribution in [0.15, 0.2) is 64.0 Å². The minimum atomic E-state index is -1.11. The summed E-state index contributed by atoms with van der Waals surface area (Å²) < 4.78 is 18.9. The Morgan fingerprint density at radius 3 is 2.58 bits per heavy atom. The van der Waals surface area contributed by atoms with Crippen LogP contribution in [0.25, 0.3) is 0 Å². The van der Waals surface area contributed by atoms with Gasteiger partial charge in [0.25, 0.3) is 0 Å². The van der Waals surface area contributed by atoms with Gasteiger partial charge in [0, 0.05) is 22.5 Å². The normalized spacial score (nSPS) is 18.4. The number of amides is 1. The molecule has 0 spiro atoms. The van der Waals surface area contributed by atoms with Crippen molar-refractivity contribution in [2.24, 2.45) is 0 Å². The predicted octanol–water partition coefficient (Wildman–Crippen LogP) is 3.97. The Kier molecular flexibility index (Phi) is 5.68. The fourth-order valence-electron chi connectivity index (χ4n) is 2.64. The van der Waals surface area contributed by atoms with Gasteiger partial charge in [-0.1, -0.05) is 46.3 Å². The molecule has 2 aromatic rings. The van der Waals surface area contributed by atoms with E-state index in [9.17, 15) is 9.00 Å². The number of halogens is 1. The minimum Gasteiger partial charge on any atom is -0.445 e. The summed E-state index contributed by atoms with van der Waals surface area (Å²) in [7, 11) is -1.11. The maximum Gasteiger partial charge on any atom is 0.410 e. The highest BCUT2D eigenvalue weighted by atomic mass is 79.9. The van der Waals surface area contributed by atoms with E-state index in [0.29, 0.717) is 13.1 Å². The highest BCUT2D eigenvalue weighted by Gasteiger charge is 2.31. The van der Waals surface area contributed by atoms with E-state index in [2.05, 4.69) is 15.9 Å². The fraction of sp³-hybridized carbons (Fsp3) is 0.278. The lowest BCUT2D eigenvalue weighted by molar-refractivity contribution is 0.104. The largest absolute Gasteiger partial charge is 0.445 e. The van der Waals surface area contributed by atoms with E-state index in [0.717, 1.165) is 21.4 Å². The van der Waals surface area contributed by atoms with Gasteiger partial charge in [-0.05, 0) is 36.2 Å². The fourth-order valence-corrected chi connectivity index (χ4v) is 4.33. The van der Waals surface area contributed by atoms with Gasteiger partial charge in [0.2, 0.25) is 0 Å². The average molecular weight is 408 g/mol. The van der Waals surface area contributed by atoms with Crippen LogP contribution in [-0.2, 0) is 22.1 Å². The van der Waals surface area contributed by atoms with E-state index >= 15 is 0 Å². The molecule has 2 unspecified atom stereocenters. The third kappa shape index (κ3) is 4.24. The summed E-state index contributed by atoms with van der Waals surface area (Å²) in [5, 5.41) is -0.0459. The maximum atomic E-state index is 12.6. The Labute approximate surface area is 152 Å². The summed E-state index contributed by atoms with van der Waals surface area (Å²) in [5.41, 5.74) is 0.958. The first-order valence-electron chi connectivity index (χ1n) is 7.75. The standard InChI is InChI=1S/C18H18BrNO3S/c19-15-6-8-16(9-7-15)24(22)17-10-11-20(12-17)18(21)23-13-14-4-2-1-3-5-14/h1-9,17H,10-13H2. The van der Waals surface area contributed by atoms with Crippen LogP contribution < -0.4 is 0 Å². The van der Waals surface area contributed by atoms with Crippen molar-refractivity contribution in [2.75, 3.05) is 13.1 Å². The van der Waals surface area contributed by atoms with Crippen molar-refractivity contribution in [3.8, 4) is 0 Å². The van der Waals surface area contributed by atoms with Gasteiger partial charge in [-0.3, -0.25) is 4.21 Å². The number of carbonyl (C=O) groups excluding carboxylic acids is 1. The van der Waals surface area contributed by atoms with Crippen molar-refractivity contribution in [1.29, 1.82) is 0 Å². The summed E-state index contributed by atoms with van der Waals surface area (Å²) in [5.74, 6) is 0. The Bertz CT molecular complexity index is 721. The molecule has 24 heavy (non-hydrogen) atoms. The van der Waals surface area contributed by atoms with Crippen molar-refractivity contribution in [2.45, 2.75) is 23.2 Å². The molecule has 1 aliphatic heterocycles. The summed E-state index contributed by atoms with van der Waals surface area (Å²) in [6.45, 7) is 1.31. The zero-order valence-corrected chi connectivity index (χ0v) is 15.5. The van der Waals surface area contributed by atoms with Gasteiger partial charge >= 0.3 is 6.09 Å². The average Bonchev–Trinajstić information content (AvgIpc) is 3.11. The molecule has 1 saturated heterocycles. The molecule has 0 aromatic heterocycles. The van der Waals surface area contributed by atoms with Crippen LogP contribution in [0.5, 0.6) is 0 Å². The first kappa shape index (κ1) is 17.2. The summed E-state index contributed by atoms with van der Waals surface area (Å²) in [6, 6.07) is 17.1. The van der Waals surface area contributed by atoms with Crippen molar-refractivity contribution in [3.05, 3.63) is 64.6 Å². The third-order valence-electron chi connectivity index (χ3n) is 3.96. The van der Waals surface area contributed by atoms with Crippen LogP contribution in [0.4, 0.5) is 4.79 Å². The van der Waals surface area contributed by atoms with Gasteiger partial charge in [-0.2, -0.15) is 0 Å². The smallest absolute Gasteiger partial charge is 0.410 e. The molecule has 0 saturated carbocycles. The van der Waals surface area contributed by atoms with Crippen LogP contribution in [0, 0.1) is 0 Å². The SMILES string of the molecule is O=C(OCc1ccccc1)N1CCC(S(=O)c2ccc(Br)cc2)C1. The van der Waals surface area contributed by atoms with E-state index in [1.165, 1.54) is 0 Å². The molecule has 6 heteroatoms. The first-order valence-corrected chi connectivity index (χ1v) is 9.76.